The van der Waals surface area contributed by atoms with E-state index in [-0.39, 0.29) is 5.82 Å². The van der Waals surface area contributed by atoms with Crippen LogP contribution < -0.4 is 0 Å². The van der Waals surface area contributed by atoms with Gasteiger partial charge in [0, 0.05) is 5.33 Å². The highest BCUT2D eigenvalue weighted by atomic mass is 79.9. The Labute approximate surface area is 138 Å². The standard InChI is InChI=1S/C19H30BrF/c1-2-3-4-5-6-7-8-9-10-18(16-20)15-17-11-13-19(21)14-12-17/h11-14,18H,2-10,15-16H2,1H3. The lowest BCUT2D eigenvalue weighted by Gasteiger charge is -2.14. The smallest absolute Gasteiger partial charge is 0.123 e. The molecule has 21 heavy (non-hydrogen) atoms. The van der Waals surface area contributed by atoms with E-state index < -0.39 is 0 Å². The second-order valence-electron chi connectivity index (χ2n) is 6.11. The Morgan fingerprint density at radius 2 is 1.48 bits per heavy atom. The van der Waals surface area contributed by atoms with Crippen molar-refractivity contribution in [2.45, 2.75) is 71.1 Å². The molecule has 0 aliphatic heterocycles. The first-order valence-electron chi connectivity index (χ1n) is 8.56. The molecule has 1 rings (SSSR count). The number of alkyl halides is 1. The van der Waals surface area contributed by atoms with Gasteiger partial charge in [-0.25, -0.2) is 4.39 Å². The van der Waals surface area contributed by atoms with E-state index in [9.17, 15) is 4.39 Å². The second-order valence-corrected chi connectivity index (χ2v) is 6.76. The van der Waals surface area contributed by atoms with Gasteiger partial charge in [0.25, 0.3) is 0 Å². The summed E-state index contributed by atoms with van der Waals surface area (Å²) in [5, 5.41) is 1.04. The van der Waals surface area contributed by atoms with Crippen molar-refractivity contribution < 1.29 is 4.39 Å². The fourth-order valence-corrected chi connectivity index (χ4v) is 3.31. The molecule has 0 spiro atoms. The normalized spacial score (nSPS) is 12.5. The van der Waals surface area contributed by atoms with Crippen molar-refractivity contribution in [3.8, 4) is 0 Å². The predicted octanol–water partition coefficient (Wildman–Crippen LogP) is 6.91. The number of rotatable bonds is 12. The summed E-state index contributed by atoms with van der Waals surface area (Å²) in [5.41, 5.74) is 1.25. The summed E-state index contributed by atoms with van der Waals surface area (Å²) in [6, 6.07) is 6.96. The van der Waals surface area contributed by atoms with Crippen molar-refractivity contribution in [1.29, 1.82) is 0 Å². The zero-order valence-electron chi connectivity index (χ0n) is 13.4. The number of benzene rings is 1. The van der Waals surface area contributed by atoms with E-state index in [0.29, 0.717) is 5.92 Å². The van der Waals surface area contributed by atoms with E-state index in [2.05, 4.69) is 22.9 Å². The van der Waals surface area contributed by atoms with E-state index in [1.807, 2.05) is 12.1 Å². The van der Waals surface area contributed by atoms with Gasteiger partial charge in [0.15, 0.2) is 0 Å². The Morgan fingerprint density at radius 1 is 0.905 bits per heavy atom. The van der Waals surface area contributed by atoms with Crippen molar-refractivity contribution in [3.63, 3.8) is 0 Å². The first kappa shape index (κ1) is 18.7. The molecule has 0 fully saturated rings. The SMILES string of the molecule is CCCCCCCCCCC(CBr)Cc1ccc(F)cc1. The molecule has 120 valence electrons. The summed E-state index contributed by atoms with van der Waals surface area (Å²) in [5.74, 6) is 0.535. The molecule has 0 saturated carbocycles. The summed E-state index contributed by atoms with van der Waals surface area (Å²) in [6.07, 6.45) is 13.3. The fourth-order valence-electron chi connectivity index (χ4n) is 2.75. The molecule has 1 unspecified atom stereocenters. The van der Waals surface area contributed by atoms with Crippen LogP contribution in [0.4, 0.5) is 4.39 Å². The number of hydrogen-bond donors (Lipinski definition) is 0. The van der Waals surface area contributed by atoms with Crippen LogP contribution in [-0.4, -0.2) is 5.33 Å². The lowest BCUT2D eigenvalue weighted by molar-refractivity contribution is 0.486. The average molecular weight is 357 g/mol. The number of halogens is 2. The maximum Gasteiger partial charge on any atom is 0.123 e. The van der Waals surface area contributed by atoms with Gasteiger partial charge in [-0.3, -0.25) is 0 Å². The first-order valence-corrected chi connectivity index (χ1v) is 9.68. The first-order chi connectivity index (χ1) is 10.3. The van der Waals surface area contributed by atoms with Crippen LogP contribution >= 0.6 is 15.9 Å². The van der Waals surface area contributed by atoms with Crippen LogP contribution in [-0.2, 0) is 6.42 Å². The topological polar surface area (TPSA) is 0 Å². The monoisotopic (exact) mass is 356 g/mol. The minimum absolute atomic E-state index is 0.141. The Kier molecular flexibility index (Phi) is 10.9. The quantitative estimate of drug-likeness (QED) is 0.282. The van der Waals surface area contributed by atoms with E-state index in [0.717, 1.165) is 11.8 Å². The van der Waals surface area contributed by atoms with Gasteiger partial charge in [0.05, 0.1) is 0 Å². The largest absolute Gasteiger partial charge is 0.207 e. The van der Waals surface area contributed by atoms with E-state index in [4.69, 9.17) is 0 Å². The molecule has 0 saturated heterocycles. The van der Waals surface area contributed by atoms with E-state index in [1.165, 1.54) is 63.4 Å². The van der Waals surface area contributed by atoms with Crippen molar-refractivity contribution >= 4 is 15.9 Å². The van der Waals surface area contributed by atoms with Gasteiger partial charge in [0.1, 0.15) is 5.82 Å². The van der Waals surface area contributed by atoms with E-state index in [1.54, 1.807) is 12.1 Å². The Bertz CT molecular complexity index is 347. The molecule has 0 N–H and O–H groups in total. The van der Waals surface area contributed by atoms with E-state index >= 15 is 0 Å². The molecule has 1 aromatic carbocycles. The highest BCUT2D eigenvalue weighted by Crippen LogP contribution is 2.19. The predicted molar refractivity (Wildman–Crippen MR) is 94.6 cm³/mol. The maximum atomic E-state index is 12.9. The molecule has 0 nitrogen and oxygen atoms in total. The molecule has 0 radical (unpaired) electrons. The molecule has 1 atom stereocenters. The molecule has 0 aliphatic carbocycles. The maximum absolute atomic E-state index is 12.9. The zero-order valence-corrected chi connectivity index (χ0v) is 15.0. The highest BCUT2D eigenvalue weighted by Gasteiger charge is 2.08. The molecule has 0 aliphatic rings. The van der Waals surface area contributed by atoms with Crippen LogP contribution in [0.2, 0.25) is 0 Å². The molecule has 1 aromatic rings. The summed E-state index contributed by atoms with van der Waals surface area (Å²) in [4.78, 5) is 0. The van der Waals surface area contributed by atoms with Gasteiger partial charge in [-0.2, -0.15) is 0 Å². The third-order valence-electron chi connectivity index (χ3n) is 4.12. The molecular weight excluding hydrogens is 327 g/mol. The van der Waals surface area contributed by atoms with Gasteiger partial charge in [-0.05, 0) is 36.5 Å². The van der Waals surface area contributed by atoms with Crippen molar-refractivity contribution in [2.75, 3.05) is 5.33 Å². The van der Waals surface area contributed by atoms with Gasteiger partial charge in [-0.15, -0.1) is 0 Å². The third kappa shape index (κ3) is 9.29. The number of hydrogen-bond acceptors (Lipinski definition) is 0. The van der Waals surface area contributed by atoms with Gasteiger partial charge >= 0.3 is 0 Å². The van der Waals surface area contributed by atoms with Crippen LogP contribution in [0.3, 0.4) is 0 Å². The van der Waals surface area contributed by atoms with Crippen molar-refractivity contribution in [2.24, 2.45) is 5.92 Å². The van der Waals surface area contributed by atoms with Gasteiger partial charge in [-0.1, -0.05) is 86.4 Å². The number of unbranched alkanes of at least 4 members (excludes halogenated alkanes) is 7. The van der Waals surface area contributed by atoms with Crippen molar-refractivity contribution in [1.82, 2.24) is 0 Å². The minimum Gasteiger partial charge on any atom is -0.207 e. The summed E-state index contributed by atoms with van der Waals surface area (Å²) < 4.78 is 12.9. The van der Waals surface area contributed by atoms with Crippen LogP contribution in [0, 0.1) is 11.7 Å². The Morgan fingerprint density at radius 3 is 2.05 bits per heavy atom. The minimum atomic E-state index is -0.141. The molecule has 0 amide bonds. The van der Waals surface area contributed by atoms with Crippen LogP contribution in [0.15, 0.2) is 24.3 Å². The fraction of sp³-hybridized carbons (Fsp3) is 0.684. The third-order valence-corrected chi connectivity index (χ3v) is 5.04. The molecular formula is C19H30BrF. The average Bonchev–Trinajstić information content (AvgIpc) is 2.50. The lowest BCUT2D eigenvalue weighted by atomic mass is 9.95. The molecule has 0 aromatic heterocycles. The van der Waals surface area contributed by atoms with Gasteiger partial charge in [0.2, 0.25) is 0 Å². The van der Waals surface area contributed by atoms with Gasteiger partial charge < -0.3 is 0 Å². The summed E-state index contributed by atoms with van der Waals surface area (Å²) >= 11 is 3.63. The summed E-state index contributed by atoms with van der Waals surface area (Å²) in [7, 11) is 0. The second kappa shape index (κ2) is 12.2. The molecule has 2 heteroatoms. The van der Waals surface area contributed by atoms with Crippen LogP contribution in [0.25, 0.3) is 0 Å². The van der Waals surface area contributed by atoms with Crippen molar-refractivity contribution in [3.05, 3.63) is 35.6 Å². The Hall–Kier alpha value is -0.370. The highest BCUT2D eigenvalue weighted by molar-refractivity contribution is 9.09. The molecule has 0 bridgehead atoms. The molecule has 0 heterocycles. The summed E-state index contributed by atoms with van der Waals surface area (Å²) in [6.45, 7) is 2.27. The lowest BCUT2D eigenvalue weighted by Crippen LogP contribution is -2.06. The Balaban J connectivity index is 2.09. The van der Waals surface area contributed by atoms with Crippen LogP contribution in [0.5, 0.6) is 0 Å². The zero-order chi connectivity index (χ0) is 15.3. The van der Waals surface area contributed by atoms with Crippen LogP contribution in [0.1, 0.15) is 70.3 Å².